The number of hydrogen-bond acceptors (Lipinski definition) is 6. The Bertz CT molecular complexity index is 596. The molecule has 1 aromatic rings. The molecule has 8 heteroatoms. The molecule has 2 unspecified atom stereocenters. The smallest absolute Gasteiger partial charge is 0.317 e. The zero-order chi connectivity index (χ0) is 19.8. The van der Waals surface area contributed by atoms with Gasteiger partial charge in [-0.3, -0.25) is 4.72 Å². The van der Waals surface area contributed by atoms with Crippen LogP contribution in [-0.4, -0.2) is 68.3 Å². The predicted octanol–water partition coefficient (Wildman–Crippen LogP) is 2.55. The molecule has 2 fully saturated rings. The van der Waals surface area contributed by atoms with Crippen LogP contribution in [0.1, 0.15) is 31.6 Å². The molecule has 156 valence electrons. The van der Waals surface area contributed by atoms with Crippen molar-refractivity contribution in [3.8, 4) is 0 Å². The van der Waals surface area contributed by atoms with Gasteiger partial charge in [0, 0.05) is 24.7 Å². The molecule has 2 heterocycles. The standard InChI is InChI=1S/C20H31N3O4S/c1-3-21-20(24)23-11-7-10-17(22-28-2)18(23)14-25-16-12-26-19(27-13-16)15-8-5-4-6-9-15/h4-6,8-9,16-19,22H,3,7,10-14H2,1-2H3,(H,21,24). The van der Waals surface area contributed by atoms with E-state index in [9.17, 15) is 4.79 Å². The largest absolute Gasteiger partial charge is 0.371 e. The second kappa shape index (κ2) is 11.0. The second-order valence-corrected chi connectivity index (χ2v) is 7.68. The van der Waals surface area contributed by atoms with Gasteiger partial charge in [-0.1, -0.05) is 42.3 Å². The third kappa shape index (κ3) is 5.61. The first-order valence-corrected chi connectivity index (χ1v) is 11.2. The fourth-order valence-corrected chi connectivity index (χ4v) is 4.25. The number of benzene rings is 1. The Morgan fingerprint density at radius 1 is 1.29 bits per heavy atom. The molecule has 0 radical (unpaired) electrons. The first-order valence-electron chi connectivity index (χ1n) is 9.95. The van der Waals surface area contributed by atoms with Gasteiger partial charge in [0.15, 0.2) is 6.29 Å². The van der Waals surface area contributed by atoms with Gasteiger partial charge in [0.25, 0.3) is 0 Å². The van der Waals surface area contributed by atoms with Crippen LogP contribution in [0.4, 0.5) is 4.79 Å². The summed E-state index contributed by atoms with van der Waals surface area (Å²) in [5.74, 6) is 0. The Morgan fingerprint density at radius 3 is 2.71 bits per heavy atom. The van der Waals surface area contributed by atoms with E-state index < -0.39 is 0 Å². The van der Waals surface area contributed by atoms with Gasteiger partial charge in [-0.15, -0.1) is 0 Å². The summed E-state index contributed by atoms with van der Waals surface area (Å²) in [6, 6.07) is 10.1. The van der Waals surface area contributed by atoms with Crippen LogP contribution in [0.3, 0.4) is 0 Å². The molecule has 28 heavy (non-hydrogen) atoms. The van der Waals surface area contributed by atoms with E-state index >= 15 is 0 Å². The molecular formula is C20H31N3O4S. The van der Waals surface area contributed by atoms with Gasteiger partial charge in [-0.05, 0) is 26.0 Å². The van der Waals surface area contributed by atoms with Crippen molar-refractivity contribution >= 4 is 18.0 Å². The molecule has 2 amide bonds. The number of ether oxygens (including phenoxy) is 3. The average molecular weight is 410 g/mol. The predicted molar refractivity (Wildman–Crippen MR) is 110 cm³/mol. The molecule has 2 N–H and O–H groups in total. The summed E-state index contributed by atoms with van der Waals surface area (Å²) < 4.78 is 21.2. The third-order valence-corrected chi connectivity index (χ3v) is 5.62. The summed E-state index contributed by atoms with van der Waals surface area (Å²) in [5, 5.41) is 2.92. The fourth-order valence-electron chi connectivity index (χ4n) is 3.68. The lowest BCUT2D eigenvalue weighted by atomic mass is 9.98. The van der Waals surface area contributed by atoms with E-state index in [0.717, 1.165) is 24.9 Å². The molecule has 0 saturated carbocycles. The summed E-state index contributed by atoms with van der Waals surface area (Å²) in [6.45, 7) is 4.73. The van der Waals surface area contributed by atoms with Gasteiger partial charge < -0.3 is 24.4 Å². The molecule has 0 aliphatic carbocycles. The lowest BCUT2D eigenvalue weighted by molar-refractivity contribution is -0.232. The van der Waals surface area contributed by atoms with E-state index in [1.54, 1.807) is 11.9 Å². The minimum Gasteiger partial charge on any atom is -0.371 e. The van der Waals surface area contributed by atoms with Crippen molar-refractivity contribution in [2.24, 2.45) is 0 Å². The van der Waals surface area contributed by atoms with Crippen molar-refractivity contribution < 1.29 is 19.0 Å². The molecule has 0 spiro atoms. The van der Waals surface area contributed by atoms with Crippen LogP contribution in [0.5, 0.6) is 0 Å². The van der Waals surface area contributed by atoms with Crippen LogP contribution in [0.15, 0.2) is 30.3 Å². The van der Waals surface area contributed by atoms with E-state index in [2.05, 4.69) is 10.0 Å². The van der Waals surface area contributed by atoms with E-state index in [0.29, 0.717) is 26.4 Å². The number of carbonyl (C=O) groups is 1. The highest BCUT2D eigenvalue weighted by Gasteiger charge is 2.35. The number of nitrogens with one attached hydrogen (secondary N) is 2. The van der Waals surface area contributed by atoms with Crippen molar-refractivity contribution in [1.29, 1.82) is 0 Å². The zero-order valence-corrected chi connectivity index (χ0v) is 17.5. The van der Waals surface area contributed by atoms with Gasteiger partial charge in [0.05, 0.1) is 25.9 Å². The van der Waals surface area contributed by atoms with Crippen LogP contribution in [0.2, 0.25) is 0 Å². The highest BCUT2D eigenvalue weighted by molar-refractivity contribution is 7.96. The van der Waals surface area contributed by atoms with E-state index in [1.807, 2.05) is 48.4 Å². The van der Waals surface area contributed by atoms with Gasteiger partial charge in [0.1, 0.15) is 6.10 Å². The summed E-state index contributed by atoms with van der Waals surface area (Å²) in [6.07, 6.45) is 3.55. The maximum atomic E-state index is 12.5. The molecule has 3 rings (SSSR count). The fraction of sp³-hybridized carbons (Fsp3) is 0.650. The van der Waals surface area contributed by atoms with Crippen molar-refractivity contribution in [2.45, 2.75) is 44.2 Å². The van der Waals surface area contributed by atoms with Crippen LogP contribution in [0, 0.1) is 0 Å². The van der Waals surface area contributed by atoms with Gasteiger partial charge >= 0.3 is 6.03 Å². The number of urea groups is 1. The molecule has 2 aliphatic heterocycles. The minimum atomic E-state index is -0.339. The second-order valence-electron chi connectivity index (χ2n) is 7.03. The molecule has 1 aromatic carbocycles. The molecule has 2 atom stereocenters. The van der Waals surface area contributed by atoms with Gasteiger partial charge in [0.2, 0.25) is 0 Å². The van der Waals surface area contributed by atoms with Gasteiger partial charge in [-0.25, -0.2) is 4.79 Å². The normalized spacial score (nSPS) is 28.1. The Morgan fingerprint density at radius 2 is 2.04 bits per heavy atom. The van der Waals surface area contributed by atoms with Crippen LogP contribution < -0.4 is 10.0 Å². The van der Waals surface area contributed by atoms with Crippen molar-refractivity contribution in [2.75, 3.05) is 39.2 Å². The molecule has 0 aromatic heterocycles. The number of piperidine rings is 1. The van der Waals surface area contributed by atoms with E-state index in [-0.39, 0.29) is 30.5 Å². The number of nitrogens with zero attached hydrogens (tertiary/aromatic N) is 1. The number of amides is 2. The topological polar surface area (TPSA) is 72.1 Å². The monoisotopic (exact) mass is 409 g/mol. The zero-order valence-electron chi connectivity index (χ0n) is 16.6. The SMILES string of the molecule is CCNC(=O)N1CCCC(NSC)C1COC1COC(c2ccccc2)OC1. The lowest BCUT2D eigenvalue weighted by Gasteiger charge is -2.42. The Labute approximate surface area is 171 Å². The highest BCUT2D eigenvalue weighted by atomic mass is 32.2. The number of rotatable bonds is 7. The summed E-state index contributed by atoms with van der Waals surface area (Å²) in [7, 11) is 0. The summed E-state index contributed by atoms with van der Waals surface area (Å²) in [4.78, 5) is 14.4. The highest BCUT2D eigenvalue weighted by Crippen LogP contribution is 2.25. The van der Waals surface area contributed by atoms with E-state index in [4.69, 9.17) is 14.2 Å². The van der Waals surface area contributed by atoms with Crippen LogP contribution >= 0.6 is 11.9 Å². The first-order chi connectivity index (χ1) is 13.7. The van der Waals surface area contributed by atoms with Crippen LogP contribution in [0.25, 0.3) is 0 Å². The quantitative estimate of drug-likeness (QED) is 0.675. The minimum absolute atomic E-state index is 0.0143. The number of likely N-dealkylation sites (tertiary alicyclic amines) is 1. The molecular weight excluding hydrogens is 378 g/mol. The van der Waals surface area contributed by atoms with Crippen molar-refractivity contribution in [1.82, 2.24) is 14.9 Å². The van der Waals surface area contributed by atoms with Crippen molar-refractivity contribution in [3.05, 3.63) is 35.9 Å². The molecule has 0 bridgehead atoms. The number of carbonyl (C=O) groups excluding carboxylic acids is 1. The van der Waals surface area contributed by atoms with Gasteiger partial charge in [-0.2, -0.15) is 0 Å². The summed E-state index contributed by atoms with van der Waals surface area (Å²) >= 11 is 1.59. The maximum Gasteiger partial charge on any atom is 0.317 e. The number of hydrogen-bond donors (Lipinski definition) is 2. The maximum absolute atomic E-state index is 12.5. The van der Waals surface area contributed by atoms with Crippen molar-refractivity contribution in [3.63, 3.8) is 0 Å². The first kappa shape index (κ1) is 21.4. The molecule has 2 aliphatic rings. The lowest BCUT2D eigenvalue weighted by Crippen LogP contribution is -2.59. The molecule has 2 saturated heterocycles. The molecule has 7 nitrogen and oxygen atoms in total. The van der Waals surface area contributed by atoms with Crippen LogP contribution in [-0.2, 0) is 14.2 Å². The van der Waals surface area contributed by atoms with E-state index in [1.165, 1.54) is 0 Å². The Hall–Kier alpha value is -1.32. The average Bonchev–Trinajstić information content (AvgIpc) is 2.74. The Balaban J connectivity index is 1.53. The third-order valence-electron chi connectivity index (χ3n) is 5.08. The summed E-state index contributed by atoms with van der Waals surface area (Å²) in [5.41, 5.74) is 1.01. The Kier molecular flexibility index (Phi) is 8.42.